The molecule has 0 saturated heterocycles. The Bertz CT molecular complexity index is 987. The third kappa shape index (κ3) is 4.05. The number of ether oxygens (including phenoxy) is 1. The lowest BCUT2D eigenvalue weighted by Crippen LogP contribution is -1.91. The highest BCUT2D eigenvalue weighted by molar-refractivity contribution is 7.11. The molecule has 2 aromatic carbocycles. The molecule has 0 unspecified atom stereocenters. The van der Waals surface area contributed by atoms with Crippen LogP contribution in [0.5, 0.6) is 5.75 Å². The first-order valence-electron chi connectivity index (χ1n) is 7.84. The van der Waals surface area contributed by atoms with Gasteiger partial charge in [0.25, 0.3) is 0 Å². The summed E-state index contributed by atoms with van der Waals surface area (Å²) in [6.07, 6.45) is 1.65. The van der Waals surface area contributed by atoms with Gasteiger partial charge in [0.05, 0.1) is 12.8 Å². The van der Waals surface area contributed by atoms with Crippen LogP contribution in [-0.2, 0) is 0 Å². The second-order valence-electron chi connectivity index (χ2n) is 5.54. The van der Waals surface area contributed by atoms with Gasteiger partial charge in [-0.25, -0.2) is 4.98 Å². The minimum atomic E-state index is 0.464. The van der Waals surface area contributed by atoms with Gasteiger partial charge >= 0.3 is 0 Å². The van der Waals surface area contributed by atoms with Crippen LogP contribution in [0.4, 0.5) is 5.69 Å². The first-order chi connectivity index (χ1) is 12.6. The molecule has 0 radical (unpaired) electrons. The van der Waals surface area contributed by atoms with Crippen LogP contribution in [0.2, 0.25) is 5.02 Å². The zero-order chi connectivity index (χ0) is 18.5. The number of halogens is 1. The van der Waals surface area contributed by atoms with Crippen molar-refractivity contribution in [3.63, 3.8) is 0 Å². The number of benzene rings is 2. The standard InChI is InChI=1S/C20H16ClN3OS/c1-13-3-6-16(9-18(13)21)23-11-15(10-22)20-24-19(12-26-20)14-4-7-17(25-2)8-5-14/h3-9,11-12,23H,1-2H3. The van der Waals surface area contributed by atoms with Crippen LogP contribution in [0.15, 0.2) is 54.0 Å². The molecule has 0 fully saturated rings. The van der Waals surface area contributed by atoms with Gasteiger partial charge in [-0.1, -0.05) is 17.7 Å². The Hall–Kier alpha value is -2.81. The molecule has 3 aromatic rings. The molecule has 0 spiro atoms. The molecule has 0 atom stereocenters. The molecule has 130 valence electrons. The van der Waals surface area contributed by atoms with Crippen LogP contribution in [0.3, 0.4) is 0 Å². The van der Waals surface area contributed by atoms with E-state index in [1.54, 1.807) is 13.3 Å². The van der Waals surface area contributed by atoms with Crippen molar-refractivity contribution in [2.24, 2.45) is 0 Å². The number of anilines is 1. The summed E-state index contributed by atoms with van der Waals surface area (Å²) in [5.74, 6) is 0.794. The molecule has 1 heterocycles. The highest BCUT2D eigenvalue weighted by Gasteiger charge is 2.09. The number of aryl methyl sites for hydroxylation is 1. The van der Waals surface area contributed by atoms with E-state index in [0.29, 0.717) is 15.6 Å². The summed E-state index contributed by atoms with van der Waals surface area (Å²) < 4.78 is 5.17. The molecule has 1 N–H and O–H groups in total. The Labute approximate surface area is 161 Å². The van der Waals surface area contributed by atoms with E-state index in [1.165, 1.54) is 11.3 Å². The van der Waals surface area contributed by atoms with Gasteiger partial charge in [-0.2, -0.15) is 5.26 Å². The number of aromatic nitrogens is 1. The number of allylic oxidation sites excluding steroid dienone is 1. The second-order valence-corrected chi connectivity index (χ2v) is 6.81. The van der Waals surface area contributed by atoms with Gasteiger partial charge in [-0.3, -0.25) is 0 Å². The lowest BCUT2D eigenvalue weighted by Gasteiger charge is -2.04. The maximum absolute atomic E-state index is 9.47. The summed E-state index contributed by atoms with van der Waals surface area (Å²) in [6.45, 7) is 1.94. The molecule has 0 saturated carbocycles. The Kier molecular flexibility index (Phi) is 5.57. The predicted molar refractivity (Wildman–Crippen MR) is 108 cm³/mol. The Balaban J connectivity index is 1.81. The van der Waals surface area contributed by atoms with Crippen molar-refractivity contribution in [1.82, 2.24) is 4.98 Å². The van der Waals surface area contributed by atoms with E-state index in [9.17, 15) is 5.26 Å². The van der Waals surface area contributed by atoms with Crippen LogP contribution in [0, 0.1) is 18.3 Å². The molecule has 26 heavy (non-hydrogen) atoms. The lowest BCUT2D eigenvalue weighted by atomic mass is 10.2. The molecular formula is C20H16ClN3OS. The number of rotatable bonds is 5. The van der Waals surface area contributed by atoms with E-state index in [0.717, 1.165) is 28.3 Å². The van der Waals surface area contributed by atoms with Gasteiger partial charge < -0.3 is 10.1 Å². The first-order valence-corrected chi connectivity index (χ1v) is 9.10. The summed E-state index contributed by atoms with van der Waals surface area (Å²) in [5, 5.41) is 15.8. The smallest absolute Gasteiger partial charge is 0.136 e. The van der Waals surface area contributed by atoms with Crippen molar-refractivity contribution >= 4 is 34.2 Å². The monoisotopic (exact) mass is 381 g/mol. The Morgan fingerprint density at radius 3 is 2.69 bits per heavy atom. The van der Waals surface area contributed by atoms with Crippen molar-refractivity contribution in [3.05, 3.63) is 69.6 Å². The highest BCUT2D eigenvalue weighted by atomic mass is 35.5. The summed E-state index contributed by atoms with van der Waals surface area (Å²) >= 11 is 7.56. The van der Waals surface area contributed by atoms with E-state index in [-0.39, 0.29) is 0 Å². The van der Waals surface area contributed by atoms with E-state index in [4.69, 9.17) is 16.3 Å². The fourth-order valence-electron chi connectivity index (χ4n) is 2.27. The molecule has 0 aliphatic rings. The first kappa shape index (κ1) is 18.0. The number of hydrogen-bond acceptors (Lipinski definition) is 5. The van der Waals surface area contributed by atoms with E-state index >= 15 is 0 Å². The SMILES string of the molecule is COc1ccc(-c2csc(C(C#N)=CNc3ccc(C)c(Cl)c3)n2)cc1. The maximum Gasteiger partial charge on any atom is 0.136 e. The number of hydrogen-bond donors (Lipinski definition) is 1. The van der Waals surface area contributed by atoms with Crippen LogP contribution in [-0.4, -0.2) is 12.1 Å². The number of nitrogens with zero attached hydrogens (tertiary/aromatic N) is 2. The minimum Gasteiger partial charge on any atom is -0.497 e. The Morgan fingerprint density at radius 1 is 1.27 bits per heavy atom. The van der Waals surface area contributed by atoms with Crippen molar-refractivity contribution < 1.29 is 4.74 Å². The minimum absolute atomic E-state index is 0.464. The quantitative estimate of drug-likeness (QED) is 0.571. The normalized spacial score (nSPS) is 11.1. The zero-order valence-corrected chi connectivity index (χ0v) is 15.9. The van der Waals surface area contributed by atoms with Crippen LogP contribution < -0.4 is 10.1 Å². The van der Waals surface area contributed by atoms with Crippen molar-refractivity contribution in [2.45, 2.75) is 6.92 Å². The number of nitriles is 1. The van der Waals surface area contributed by atoms with Crippen molar-refractivity contribution in [1.29, 1.82) is 5.26 Å². The second kappa shape index (κ2) is 8.05. The maximum atomic E-state index is 9.47. The van der Waals surface area contributed by atoms with Gasteiger partial charge in [-0.05, 0) is 48.9 Å². The van der Waals surface area contributed by atoms with Gasteiger partial charge in [0.1, 0.15) is 22.4 Å². The Morgan fingerprint density at radius 2 is 2.04 bits per heavy atom. The van der Waals surface area contributed by atoms with E-state index < -0.39 is 0 Å². The van der Waals surface area contributed by atoms with Gasteiger partial charge in [0, 0.05) is 27.9 Å². The molecule has 0 aliphatic heterocycles. The third-order valence-corrected chi connectivity index (χ3v) is 5.08. The summed E-state index contributed by atoms with van der Waals surface area (Å²) in [4.78, 5) is 4.57. The molecule has 0 bridgehead atoms. The summed E-state index contributed by atoms with van der Waals surface area (Å²) in [5.41, 5.74) is 4.09. The number of nitrogens with one attached hydrogen (secondary N) is 1. The lowest BCUT2D eigenvalue weighted by molar-refractivity contribution is 0.415. The van der Waals surface area contributed by atoms with Gasteiger partial charge in [0.2, 0.25) is 0 Å². The fraction of sp³-hybridized carbons (Fsp3) is 0.100. The largest absolute Gasteiger partial charge is 0.497 e. The molecule has 0 amide bonds. The number of methoxy groups -OCH3 is 1. The van der Waals surface area contributed by atoms with Gasteiger partial charge in [0.15, 0.2) is 0 Å². The van der Waals surface area contributed by atoms with Crippen molar-refractivity contribution in [2.75, 3.05) is 12.4 Å². The van der Waals surface area contributed by atoms with E-state index in [1.807, 2.05) is 54.8 Å². The topological polar surface area (TPSA) is 57.9 Å². The van der Waals surface area contributed by atoms with Crippen molar-refractivity contribution in [3.8, 4) is 23.1 Å². The number of thiazole rings is 1. The molecule has 3 rings (SSSR count). The van der Waals surface area contributed by atoms with Crippen LogP contribution in [0.25, 0.3) is 16.8 Å². The predicted octanol–water partition coefficient (Wildman–Crippen LogP) is 5.76. The van der Waals surface area contributed by atoms with Gasteiger partial charge in [-0.15, -0.1) is 11.3 Å². The highest BCUT2D eigenvalue weighted by Crippen LogP contribution is 2.27. The molecule has 0 aliphatic carbocycles. The summed E-state index contributed by atoms with van der Waals surface area (Å²) in [6, 6.07) is 15.5. The summed E-state index contributed by atoms with van der Waals surface area (Å²) in [7, 11) is 1.63. The van der Waals surface area contributed by atoms with Crippen LogP contribution >= 0.6 is 22.9 Å². The zero-order valence-electron chi connectivity index (χ0n) is 14.3. The third-order valence-electron chi connectivity index (χ3n) is 3.80. The fourth-order valence-corrected chi connectivity index (χ4v) is 3.25. The molecule has 4 nitrogen and oxygen atoms in total. The van der Waals surface area contributed by atoms with Crippen LogP contribution in [0.1, 0.15) is 10.6 Å². The van der Waals surface area contributed by atoms with E-state index in [2.05, 4.69) is 16.4 Å². The average molecular weight is 382 g/mol. The average Bonchev–Trinajstić information content (AvgIpc) is 3.15. The molecule has 6 heteroatoms. The molecular weight excluding hydrogens is 366 g/mol. The molecule has 1 aromatic heterocycles.